The van der Waals surface area contributed by atoms with Crippen LogP contribution >= 0.6 is 22.7 Å². The molecular formula is C22H23NO3S2. The molecule has 0 spiro atoms. The molecule has 1 aromatic carbocycles. The minimum absolute atomic E-state index is 0.000504. The molecule has 0 aliphatic carbocycles. The Morgan fingerprint density at radius 1 is 1.07 bits per heavy atom. The van der Waals surface area contributed by atoms with Crippen LogP contribution in [0.2, 0.25) is 0 Å². The summed E-state index contributed by atoms with van der Waals surface area (Å²) in [6.07, 6.45) is 1.82. The number of ether oxygens (including phenoxy) is 2. The number of nitrogens with zero attached hydrogens (tertiary/aromatic N) is 1. The molecule has 0 N–H and O–H groups in total. The predicted molar refractivity (Wildman–Crippen MR) is 114 cm³/mol. The fourth-order valence-corrected chi connectivity index (χ4v) is 5.22. The molecule has 0 unspecified atom stereocenters. The van der Waals surface area contributed by atoms with E-state index < -0.39 is 0 Å². The minimum Gasteiger partial charge on any atom is -0.490 e. The van der Waals surface area contributed by atoms with Crippen LogP contribution in [0.3, 0.4) is 0 Å². The van der Waals surface area contributed by atoms with Gasteiger partial charge in [-0.05, 0) is 53.4 Å². The molecular weight excluding hydrogens is 390 g/mol. The Morgan fingerprint density at radius 3 is 2.64 bits per heavy atom. The summed E-state index contributed by atoms with van der Waals surface area (Å²) in [5, 5.41) is 4.19. The first-order valence-corrected chi connectivity index (χ1v) is 11.3. The molecule has 0 radical (unpaired) electrons. The van der Waals surface area contributed by atoms with E-state index in [-0.39, 0.29) is 18.6 Å². The van der Waals surface area contributed by atoms with Crippen molar-refractivity contribution in [3.05, 3.63) is 68.5 Å². The van der Waals surface area contributed by atoms with Crippen molar-refractivity contribution in [1.82, 2.24) is 4.90 Å². The molecule has 1 amide bonds. The van der Waals surface area contributed by atoms with Crippen LogP contribution in [0.4, 0.5) is 0 Å². The van der Waals surface area contributed by atoms with Gasteiger partial charge in [0, 0.05) is 16.3 Å². The van der Waals surface area contributed by atoms with Crippen molar-refractivity contribution in [3.8, 4) is 11.5 Å². The first kappa shape index (κ1) is 19.0. The molecule has 4 nitrogen and oxygen atoms in total. The van der Waals surface area contributed by atoms with Crippen LogP contribution in [0.1, 0.15) is 34.7 Å². The van der Waals surface area contributed by atoms with Crippen LogP contribution in [0.15, 0.2) is 53.2 Å². The van der Waals surface area contributed by atoms with Gasteiger partial charge in [-0.25, -0.2) is 0 Å². The molecule has 0 saturated carbocycles. The summed E-state index contributed by atoms with van der Waals surface area (Å²) in [5.74, 6) is 1.30. The number of carbonyl (C=O) groups is 1. The third-order valence-corrected chi connectivity index (χ3v) is 6.68. The third-order valence-electron chi connectivity index (χ3n) is 4.76. The standard InChI is InChI=1S/C22H23NO3S2/c1-2-12-25-17-6-3-4-7-18(17)26-15-21(24)23-11-9-19-16(10-14-28-19)22(23)20-8-5-13-27-20/h3-8,10,13-14,22H,2,9,11-12,15H2,1H3/t22-/m0/s1. The maximum absolute atomic E-state index is 13.1. The number of fused-ring (bicyclic) bond motifs is 1. The van der Waals surface area contributed by atoms with Crippen molar-refractivity contribution < 1.29 is 14.3 Å². The zero-order valence-electron chi connectivity index (χ0n) is 15.8. The van der Waals surface area contributed by atoms with Gasteiger partial charge in [0.25, 0.3) is 5.91 Å². The fraction of sp³-hybridized carbons (Fsp3) is 0.318. The van der Waals surface area contributed by atoms with Crippen LogP contribution in [-0.4, -0.2) is 30.6 Å². The van der Waals surface area contributed by atoms with Gasteiger partial charge in [-0.1, -0.05) is 25.1 Å². The second kappa shape index (κ2) is 8.80. The zero-order valence-corrected chi connectivity index (χ0v) is 17.4. The van der Waals surface area contributed by atoms with Crippen LogP contribution < -0.4 is 9.47 Å². The SMILES string of the molecule is CCCOc1ccccc1OCC(=O)N1CCc2sccc2[C@H]1c1cccs1. The van der Waals surface area contributed by atoms with Crippen molar-refractivity contribution in [1.29, 1.82) is 0 Å². The van der Waals surface area contributed by atoms with Gasteiger partial charge >= 0.3 is 0 Å². The number of para-hydroxylation sites is 2. The van der Waals surface area contributed by atoms with Gasteiger partial charge in [-0.15, -0.1) is 22.7 Å². The summed E-state index contributed by atoms with van der Waals surface area (Å²) in [6, 6.07) is 13.8. The average molecular weight is 414 g/mol. The van der Waals surface area contributed by atoms with Crippen molar-refractivity contribution in [2.24, 2.45) is 0 Å². The maximum Gasteiger partial charge on any atom is 0.261 e. The molecule has 0 bridgehead atoms. The summed E-state index contributed by atoms with van der Waals surface area (Å²) < 4.78 is 11.6. The lowest BCUT2D eigenvalue weighted by Gasteiger charge is -2.35. The third kappa shape index (κ3) is 3.93. The van der Waals surface area contributed by atoms with Gasteiger partial charge in [-0.2, -0.15) is 0 Å². The van der Waals surface area contributed by atoms with Crippen LogP contribution in [-0.2, 0) is 11.2 Å². The Balaban J connectivity index is 1.50. The smallest absolute Gasteiger partial charge is 0.261 e. The van der Waals surface area contributed by atoms with Crippen LogP contribution in [0.25, 0.3) is 0 Å². The topological polar surface area (TPSA) is 38.8 Å². The maximum atomic E-state index is 13.1. The van der Waals surface area contributed by atoms with E-state index >= 15 is 0 Å². The van der Waals surface area contributed by atoms with Crippen molar-refractivity contribution >= 4 is 28.6 Å². The summed E-state index contributed by atoms with van der Waals surface area (Å²) in [6.45, 7) is 3.41. The quantitative estimate of drug-likeness (QED) is 0.538. The number of hydrogen-bond acceptors (Lipinski definition) is 5. The number of carbonyl (C=O) groups excluding carboxylic acids is 1. The molecule has 6 heteroatoms. The van der Waals surface area contributed by atoms with Crippen LogP contribution in [0.5, 0.6) is 11.5 Å². The molecule has 146 valence electrons. The van der Waals surface area contributed by atoms with E-state index in [1.54, 1.807) is 22.7 Å². The lowest BCUT2D eigenvalue weighted by molar-refractivity contribution is -0.135. The second-order valence-electron chi connectivity index (χ2n) is 6.64. The van der Waals surface area contributed by atoms with Gasteiger partial charge < -0.3 is 14.4 Å². The second-order valence-corrected chi connectivity index (χ2v) is 8.62. The van der Waals surface area contributed by atoms with Crippen LogP contribution in [0, 0.1) is 0 Å². The predicted octanol–water partition coefficient (Wildman–Crippen LogP) is 5.15. The number of rotatable bonds is 7. The Labute approximate surface area is 173 Å². The van der Waals surface area contributed by atoms with E-state index in [2.05, 4.69) is 29.8 Å². The van der Waals surface area contributed by atoms with Gasteiger partial charge in [0.05, 0.1) is 12.6 Å². The Bertz CT molecular complexity index is 920. The van der Waals surface area contributed by atoms with E-state index in [4.69, 9.17) is 9.47 Å². The highest BCUT2D eigenvalue weighted by molar-refractivity contribution is 7.10. The highest BCUT2D eigenvalue weighted by Crippen LogP contribution is 2.39. The molecule has 1 atom stereocenters. The average Bonchev–Trinajstić information content (AvgIpc) is 3.42. The molecule has 28 heavy (non-hydrogen) atoms. The lowest BCUT2D eigenvalue weighted by atomic mass is 9.98. The minimum atomic E-state index is -0.0160. The van der Waals surface area contributed by atoms with Crippen molar-refractivity contribution in [3.63, 3.8) is 0 Å². The molecule has 3 aromatic rings. The Hall–Kier alpha value is -2.31. The number of amides is 1. The number of benzene rings is 1. The first-order valence-electron chi connectivity index (χ1n) is 9.51. The molecule has 0 saturated heterocycles. The van der Waals surface area contributed by atoms with E-state index in [1.807, 2.05) is 35.2 Å². The molecule has 2 aromatic heterocycles. The first-order chi connectivity index (χ1) is 13.8. The van der Waals surface area contributed by atoms with Gasteiger partial charge in [0.2, 0.25) is 0 Å². The van der Waals surface area contributed by atoms with E-state index in [0.717, 1.165) is 12.8 Å². The van der Waals surface area contributed by atoms with E-state index in [1.165, 1.54) is 15.3 Å². The lowest BCUT2D eigenvalue weighted by Crippen LogP contribution is -2.42. The van der Waals surface area contributed by atoms with Gasteiger partial charge in [0.1, 0.15) is 0 Å². The Morgan fingerprint density at radius 2 is 1.89 bits per heavy atom. The fourth-order valence-electron chi connectivity index (χ4n) is 3.46. The number of hydrogen-bond donors (Lipinski definition) is 0. The highest BCUT2D eigenvalue weighted by atomic mass is 32.1. The number of thiophene rings is 2. The van der Waals surface area contributed by atoms with Crippen molar-refractivity contribution in [2.45, 2.75) is 25.8 Å². The Kier molecular flexibility index (Phi) is 5.98. The largest absolute Gasteiger partial charge is 0.490 e. The monoisotopic (exact) mass is 413 g/mol. The summed E-state index contributed by atoms with van der Waals surface area (Å²) in [7, 11) is 0. The molecule has 1 aliphatic heterocycles. The molecule has 0 fully saturated rings. The van der Waals surface area contributed by atoms with E-state index in [0.29, 0.717) is 24.7 Å². The van der Waals surface area contributed by atoms with E-state index in [9.17, 15) is 4.79 Å². The molecule has 1 aliphatic rings. The summed E-state index contributed by atoms with van der Waals surface area (Å²) in [5.41, 5.74) is 1.25. The summed E-state index contributed by atoms with van der Waals surface area (Å²) in [4.78, 5) is 17.6. The normalized spacial score (nSPS) is 15.9. The highest BCUT2D eigenvalue weighted by Gasteiger charge is 2.33. The van der Waals surface area contributed by atoms with Crippen molar-refractivity contribution in [2.75, 3.05) is 19.8 Å². The zero-order chi connectivity index (χ0) is 19.3. The van der Waals surface area contributed by atoms with Gasteiger partial charge in [0.15, 0.2) is 18.1 Å². The molecule has 3 heterocycles. The molecule has 4 rings (SSSR count). The summed E-state index contributed by atoms with van der Waals surface area (Å²) >= 11 is 3.47. The van der Waals surface area contributed by atoms with Gasteiger partial charge in [-0.3, -0.25) is 4.79 Å².